The van der Waals surface area contributed by atoms with Crippen molar-refractivity contribution in [1.82, 2.24) is 10.1 Å². The zero-order chi connectivity index (χ0) is 11.3. The largest absolute Gasteiger partial charge is 0.360 e. The van der Waals surface area contributed by atoms with E-state index in [1.807, 2.05) is 18.7 Å². The molecule has 1 amide bonds. The maximum absolute atomic E-state index is 11.5. The Morgan fingerprint density at radius 3 is 2.67 bits per heavy atom. The first-order chi connectivity index (χ1) is 7.15. The maximum atomic E-state index is 11.5. The van der Waals surface area contributed by atoms with Crippen molar-refractivity contribution in [2.75, 3.05) is 25.0 Å². The summed E-state index contributed by atoms with van der Waals surface area (Å²) >= 11 is 0. The number of hydrogen-bond acceptors (Lipinski definition) is 4. The smallest absolute Gasteiger partial charge is 0.239 e. The fourth-order valence-corrected chi connectivity index (χ4v) is 1.26. The van der Waals surface area contributed by atoms with Crippen molar-refractivity contribution in [2.24, 2.45) is 0 Å². The molecule has 1 aromatic heterocycles. The van der Waals surface area contributed by atoms with Gasteiger partial charge in [0.2, 0.25) is 5.91 Å². The summed E-state index contributed by atoms with van der Waals surface area (Å²) in [5.74, 6) is 1.10. The number of carbonyl (C=O) groups is 1. The molecule has 0 aliphatic heterocycles. The third-order valence-corrected chi connectivity index (χ3v) is 2.16. The zero-order valence-corrected chi connectivity index (χ0v) is 9.41. The van der Waals surface area contributed by atoms with E-state index >= 15 is 0 Å². The molecule has 0 aliphatic carbocycles. The van der Waals surface area contributed by atoms with Crippen LogP contribution in [0, 0.1) is 6.92 Å². The number of rotatable bonds is 5. The second-order valence-electron chi connectivity index (χ2n) is 3.33. The number of hydrogen-bond donors (Lipinski definition) is 1. The normalized spacial score (nSPS) is 10.7. The molecule has 84 valence electrons. The lowest BCUT2D eigenvalue weighted by Gasteiger charge is -2.16. The number of anilines is 1. The second-order valence-corrected chi connectivity index (χ2v) is 3.33. The minimum absolute atomic E-state index is 0.0630. The zero-order valence-electron chi connectivity index (χ0n) is 9.41. The Bertz CT molecular complexity index is 318. The van der Waals surface area contributed by atoms with Crippen LogP contribution in [0.1, 0.15) is 19.6 Å². The van der Waals surface area contributed by atoms with Crippen LogP contribution in [0.2, 0.25) is 0 Å². The van der Waals surface area contributed by atoms with E-state index in [0.29, 0.717) is 18.1 Å². The van der Waals surface area contributed by atoms with Crippen LogP contribution in [-0.2, 0) is 4.79 Å². The molecule has 0 saturated heterocycles. The molecule has 1 rings (SSSR count). The van der Waals surface area contributed by atoms with Crippen LogP contribution in [0.15, 0.2) is 10.6 Å². The van der Waals surface area contributed by atoms with Gasteiger partial charge in [-0.05, 0) is 20.0 Å². The fraction of sp³-hybridized carbons (Fsp3) is 0.600. The molecule has 0 spiro atoms. The predicted molar refractivity (Wildman–Crippen MR) is 57.7 cm³/mol. The van der Waals surface area contributed by atoms with Crippen molar-refractivity contribution < 1.29 is 9.32 Å². The average molecular weight is 211 g/mol. The van der Waals surface area contributed by atoms with Gasteiger partial charge in [0, 0.05) is 6.07 Å². The van der Waals surface area contributed by atoms with Crippen LogP contribution >= 0.6 is 0 Å². The van der Waals surface area contributed by atoms with Crippen LogP contribution in [-0.4, -0.2) is 35.6 Å². The molecule has 1 aromatic rings. The first-order valence-corrected chi connectivity index (χ1v) is 5.11. The highest BCUT2D eigenvalue weighted by Crippen LogP contribution is 2.06. The summed E-state index contributed by atoms with van der Waals surface area (Å²) in [6, 6.07) is 1.69. The quantitative estimate of drug-likeness (QED) is 0.796. The molecule has 0 atom stereocenters. The monoisotopic (exact) mass is 211 g/mol. The van der Waals surface area contributed by atoms with Gasteiger partial charge >= 0.3 is 0 Å². The molecule has 1 heterocycles. The van der Waals surface area contributed by atoms with E-state index in [1.54, 1.807) is 13.0 Å². The van der Waals surface area contributed by atoms with Crippen molar-refractivity contribution >= 4 is 11.7 Å². The van der Waals surface area contributed by atoms with Gasteiger partial charge in [-0.15, -0.1) is 0 Å². The number of nitrogens with one attached hydrogen (secondary N) is 1. The Hall–Kier alpha value is -1.36. The average Bonchev–Trinajstić information content (AvgIpc) is 2.60. The van der Waals surface area contributed by atoms with Gasteiger partial charge in [-0.1, -0.05) is 19.0 Å². The number of likely N-dealkylation sites (N-methyl/N-ethyl adjacent to an activating group) is 1. The van der Waals surface area contributed by atoms with Crippen LogP contribution in [0.4, 0.5) is 5.82 Å². The molecule has 5 heteroatoms. The number of nitrogens with zero attached hydrogens (tertiary/aromatic N) is 2. The van der Waals surface area contributed by atoms with Crippen molar-refractivity contribution in [3.63, 3.8) is 0 Å². The summed E-state index contributed by atoms with van der Waals surface area (Å²) in [5, 5.41) is 6.37. The van der Waals surface area contributed by atoms with Gasteiger partial charge < -0.3 is 9.84 Å². The molecule has 0 saturated carbocycles. The van der Waals surface area contributed by atoms with E-state index in [1.165, 1.54) is 0 Å². The number of aromatic nitrogens is 1. The number of carbonyl (C=O) groups excluding carboxylic acids is 1. The molecule has 5 nitrogen and oxygen atoms in total. The molecular formula is C10H17N3O2. The topological polar surface area (TPSA) is 58.4 Å². The van der Waals surface area contributed by atoms with Crippen LogP contribution in [0.5, 0.6) is 0 Å². The van der Waals surface area contributed by atoms with Crippen molar-refractivity contribution in [1.29, 1.82) is 0 Å². The summed E-state index contributed by atoms with van der Waals surface area (Å²) in [5.41, 5.74) is 0. The van der Waals surface area contributed by atoms with Gasteiger partial charge in [0.25, 0.3) is 0 Å². The Morgan fingerprint density at radius 2 is 2.20 bits per heavy atom. The maximum Gasteiger partial charge on any atom is 0.239 e. The van der Waals surface area contributed by atoms with Crippen LogP contribution < -0.4 is 5.32 Å². The van der Waals surface area contributed by atoms with Crippen molar-refractivity contribution in [2.45, 2.75) is 20.8 Å². The van der Waals surface area contributed by atoms with Gasteiger partial charge in [0.1, 0.15) is 5.76 Å². The Kier molecular flexibility index (Phi) is 4.30. The van der Waals surface area contributed by atoms with Crippen molar-refractivity contribution in [3.8, 4) is 0 Å². The summed E-state index contributed by atoms with van der Waals surface area (Å²) in [6.45, 7) is 7.95. The highest BCUT2D eigenvalue weighted by atomic mass is 16.5. The lowest BCUT2D eigenvalue weighted by atomic mass is 10.4. The Morgan fingerprint density at radius 1 is 1.53 bits per heavy atom. The fourth-order valence-electron chi connectivity index (χ4n) is 1.26. The van der Waals surface area contributed by atoms with E-state index in [4.69, 9.17) is 4.52 Å². The highest BCUT2D eigenvalue weighted by Gasteiger charge is 2.09. The second kappa shape index (κ2) is 5.50. The molecule has 0 unspecified atom stereocenters. The first-order valence-electron chi connectivity index (χ1n) is 5.11. The SMILES string of the molecule is CCN(CC)CC(=O)Nc1cc(C)on1. The van der Waals surface area contributed by atoms with Gasteiger partial charge in [-0.3, -0.25) is 9.69 Å². The number of aryl methyl sites for hydroxylation is 1. The number of amides is 1. The van der Waals surface area contributed by atoms with Crippen LogP contribution in [0.25, 0.3) is 0 Å². The standard InChI is InChI=1S/C10H17N3O2/c1-4-13(5-2)7-10(14)11-9-6-8(3)15-12-9/h6H,4-5,7H2,1-3H3,(H,11,12,14). The van der Waals surface area contributed by atoms with Crippen molar-refractivity contribution in [3.05, 3.63) is 11.8 Å². The summed E-state index contributed by atoms with van der Waals surface area (Å²) in [6.07, 6.45) is 0. The third kappa shape index (κ3) is 3.71. The third-order valence-electron chi connectivity index (χ3n) is 2.16. The highest BCUT2D eigenvalue weighted by molar-refractivity contribution is 5.91. The first kappa shape index (κ1) is 11.7. The van der Waals surface area contributed by atoms with Gasteiger partial charge in [0.05, 0.1) is 6.54 Å². The van der Waals surface area contributed by atoms with E-state index in [2.05, 4.69) is 10.5 Å². The Balaban J connectivity index is 2.42. The van der Waals surface area contributed by atoms with E-state index < -0.39 is 0 Å². The van der Waals surface area contributed by atoms with Gasteiger partial charge in [0.15, 0.2) is 5.82 Å². The summed E-state index contributed by atoms with van der Waals surface area (Å²) in [4.78, 5) is 13.5. The molecule has 0 aliphatic rings. The molecule has 15 heavy (non-hydrogen) atoms. The minimum Gasteiger partial charge on any atom is -0.360 e. The summed E-state index contributed by atoms with van der Waals surface area (Å²) in [7, 11) is 0. The van der Waals surface area contributed by atoms with E-state index in [-0.39, 0.29) is 5.91 Å². The molecular weight excluding hydrogens is 194 g/mol. The van der Waals surface area contributed by atoms with Gasteiger partial charge in [-0.25, -0.2) is 0 Å². The molecule has 0 fully saturated rings. The lowest BCUT2D eigenvalue weighted by molar-refractivity contribution is -0.117. The van der Waals surface area contributed by atoms with E-state index in [9.17, 15) is 4.79 Å². The predicted octanol–water partition coefficient (Wildman–Crippen LogP) is 1.26. The lowest BCUT2D eigenvalue weighted by Crippen LogP contribution is -2.32. The summed E-state index contributed by atoms with van der Waals surface area (Å²) < 4.78 is 4.84. The minimum atomic E-state index is -0.0630. The van der Waals surface area contributed by atoms with Crippen LogP contribution in [0.3, 0.4) is 0 Å². The van der Waals surface area contributed by atoms with E-state index in [0.717, 1.165) is 13.1 Å². The molecule has 0 aromatic carbocycles. The Labute approximate surface area is 89.4 Å². The molecule has 0 radical (unpaired) electrons. The molecule has 1 N–H and O–H groups in total. The molecule has 0 bridgehead atoms. The van der Waals surface area contributed by atoms with Gasteiger partial charge in [-0.2, -0.15) is 0 Å².